The van der Waals surface area contributed by atoms with Crippen LogP contribution in [0.3, 0.4) is 0 Å². The number of ether oxygens (including phenoxy) is 1. The molecule has 4 aromatic rings. The lowest BCUT2D eigenvalue weighted by Gasteiger charge is -2.22. The second-order valence-electron chi connectivity index (χ2n) is 15.7. The zero-order valence-corrected chi connectivity index (χ0v) is 38.7. The van der Waals surface area contributed by atoms with Gasteiger partial charge in [-0.2, -0.15) is 5.10 Å². The minimum Gasteiger partial charge on any atom is -0.494 e. The van der Waals surface area contributed by atoms with Crippen molar-refractivity contribution in [1.29, 1.82) is 0 Å². The summed E-state index contributed by atoms with van der Waals surface area (Å²) in [6.45, 7) is 3.94. The Balaban J connectivity index is 1.21. The average Bonchev–Trinajstić information content (AvgIpc) is 3.96. The third-order valence-electron chi connectivity index (χ3n) is 10.5. The van der Waals surface area contributed by atoms with Gasteiger partial charge in [-0.25, -0.2) is 13.4 Å². The normalized spacial score (nSPS) is 12.6. The number of carboxylic acid groups (broad SMARTS) is 3. The van der Waals surface area contributed by atoms with Crippen molar-refractivity contribution in [3.05, 3.63) is 65.6 Å². The van der Waals surface area contributed by atoms with Crippen LogP contribution in [0.25, 0.3) is 10.9 Å². The number of benzene rings is 2. The lowest BCUT2D eigenvalue weighted by Crippen LogP contribution is -2.50. The van der Waals surface area contributed by atoms with E-state index in [0.29, 0.717) is 41.3 Å². The fraction of sp³-hybridized carbons (Fsp3) is 0.465. The van der Waals surface area contributed by atoms with E-state index in [1.54, 1.807) is 74.5 Å². The molecule has 0 fully saturated rings. The molecule has 4 amide bonds. The Labute approximate surface area is 391 Å². The summed E-state index contributed by atoms with van der Waals surface area (Å²) in [5, 5.41) is 47.2. The van der Waals surface area contributed by atoms with Crippen LogP contribution in [0.1, 0.15) is 66.4 Å². The molecular formula is C43H59N11O13S. The van der Waals surface area contributed by atoms with Crippen molar-refractivity contribution in [2.24, 2.45) is 5.92 Å². The van der Waals surface area contributed by atoms with Crippen molar-refractivity contribution in [3.63, 3.8) is 0 Å². The Bertz CT molecular complexity index is 2470. The number of rotatable bonds is 31. The molecule has 0 bridgehead atoms. The molecule has 0 saturated heterocycles. The van der Waals surface area contributed by atoms with Crippen molar-refractivity contribution in [2.45, 2.75) is 76.6 Å². The zero-order valence-electron chi connectivity index (χ0n) is 37.9. The number of anilines is 2. The van der Waals surface area contributed by atoms with Gasteiger partial charge in [-0.1, -0.05) is 0 Å². The summed E-state index contributed by atoms with van der Waals surface area (Å²) < 4.78 is 36.8. The lowest BCUT2D eigenvalue weighted by molar-refractivity contribution is -0.139. The fourth-order valence-corrected chi connectivity index (χ4v) is 8.24. The number of carbonyl (C=O) groups is 7. The van der Waals surface area contributed by atoms with E-state index in [9.17, 15) is 47.1 Å². The second-order valence-corrected chi connectivity index (χ2v) is 17.6. The van der Waals surface area contributed by atoms with Gasteiger partial charge in [0.05, 0.1) is 29.9 Å². The van der Waals surface area contributed by atoms with Gasteiger partial charge in [0.25, 0.3) is 5.91 Å². The fourth-order valence-electron chi connectivity index (χ4n) is 6.92. The van der Waals surface area contributed by atoms with Crippen LogP contribution in [0.15, 0.2) is 48.9 Å². The van der Waals surface area contributed by atoms with Gasteiger partial charge in [0, 0.05) is 81.9 Å². The second kappa shape index (κ2) is 26.2. The Kier molecular flexibility index (Phi) is 20.5. The van der Waals surface area contributed by atoms with Gasteiger partial charge < -0.3 is 56.9 Å². The number of imidazole rings is 1. The van der Waals surface area contributed by atoms with E-state index in [4.69, 9.17) is 14.9 Å². The molecule has 0 spiro atoms. The molecule has 68 heavy (non-hydrogen) atoms. The molecule has 0 aliphatic heterocycles. The van der Waals surface area contributed by atoms with Crippen LogP contribution >= 0.6 is 0 Å². The highest BCUT2D eigenvalue weighted by molar-refractivity contribution is 7.94. The van der Waals surface area contributed by atoms with E-state index in [1.807, 2.05) is 0 Å². The van der Waals surface area contributed by atoms with E-state index in [0.717, 1.165) is 11.9 Å². The number of carbonyl (C=O) groups excluding carboxylic acids is 4. The Morgan fingerprint density at radius 3 is 2.21 bits per heavy atom. The maximum absolute atomic E-state index is 13.4. The summed E-state index contributed by atoms with van der Waals surface area (Å²) in [7, 11) is -3.01. The molecule has 11 N–H and O–H groups in total. The van der Waals surface area contributed by atoms with Crippen molar-refractivity contribution >= 4 is 74.1 Å². The summed E-state index contributed by atoms with van der Waals surface area (Å²) >= 11 is 0. The number of hydrogen-bond donors (Lipinski definition) is 11. The number of nitrogens with zero attached hydrogens (tertiary/aromatic N) is 3. The number of H-pyrrole nitrogens is 1. The van der Waals surface area contributed by atoms with Crippen molar-refractivity contribution in [1.82, 2.24) is 46.3 Å². The molecule has 4 rings (SSSR count). The molecule has 0 radical (unpaired) electrons. The molecule has 0 aliphatic rings. The van der Waals surface area contributed by atoms with Crippen LogP contribution in [0.4, 0.5) is 11.6 Å². The Morgan fingerprint density at radius 2 is 1.54 bits per heavy atom. The first-order valence-corrected chi connectivity index (χ1v) is 23.3. The predicted molar refractivity (Wildman–Crippen MR) is 247 cm³/mol. The van der Waals surface area contributed by atoms with Crippen LogP contribution in [0.5, 0.6) is 5.75 Å². The van der Waals surface area contributed by atoms with E-state index in [2.05, 4.69) is 51.7 Å². The van der Waals surface area contributed by atoms with Gasteiger partial charge in [0.1, 0.15) is 11.8 Å². The third-order valence-corrected chi connectivity index (χ3v) is 12.1. The van der Waals surface area contributed by atoms with Crippen LogP contribution in [0, 0.1) is 19.8 Å². The minimum absolute atomic E-state index is 0.00685. The highest BCUT2D eigenvalue weighted by Gasteiger charge is 2.34. The number of aromatic nitrogens is 4. The van der Waals surface area contributed by atoms with Gasteiger partial charge in [0.15, 0.2) is 11.2 Å². The van der Waals surface area contributed by atoms with Crippen molar-refractivity contribution < 1.29 is 62.0 Å². The minimum atomic E-state index is -4.59. The predicted octanol–water partition coefficient (Wildman–Crippen LogP) is 0.945. The maximum atomic E-state index is 13.4. The van der Waals surface area contributed by atoms with Crippen molar-refractivity contribution in [2.75, 3.05) is 56.4 Å². The van der Waals surface area contributed by atoms with Gasteiger partial charge in [-0.3, -0.25) is 43.0 Å². The smallest absolute Gasteiger partial charge is 0.325 e. The third kappa shape index (κ3) is 16.9. The molecule has 2 unspecified atom stereocenters. The van der Waals surface area contributed by atoms with E-state index in [1.165, 1.54) is 0 Å². The number of nitrogens with one attached hydrogen (secondary N) is 8. The first-order valence-electron chi connectivity index (χ1n) is 21.8. The molecule has 0 aliphatic carbocycles. The molecule has 0 saturated carbocycles. The molecule has 2 aromatic heterocycles. The Hall–Kier alpha value is -7.28. The lowest BCUT2D eigenvalue weighted by atomic mass is 10.0. The molecule has 25 heteroatoms. The summed E-state index contributed by atoms with van der Waals surface area (Å²) in [5.74, 6) is -5.99. The number of aryl methyl sites for hydroxylation is 3. The highest BCUT2D eigenvalue weighted by atomic mass is 32.2. The molecule has 370 valence electrons. The maximum Gasteiger partial charge on any atom is 0.325 e. The summed E-state index contributed by atoms with van der Waals surface area (Å²) in [6, 6.07) is 6.73. The first kappa shape index (κ1) is 53.3. The van der Waals surface area contributed by atoms with Gasteiger partial charge in [0.2, 0.25) is 27.7 Å². The molecule has 2 aromatic carbocycles. The zero-order chi connectivity index (χ0) is 49.8. The molecule has 2 heterocycles. The average molecular weight is 970 g/mol. The summed E-state index contributed by atoms with van der Waals surface area (Å²) in [4.78, 5) is 92.7. The summed E-state index contributed by atoms with van der Waals surface area (Å²) in [5.41, 5.74) is 1.93. The number of hydrogen-bond acceptors (Lipinski definition) is 14. The molecule has 24 nitrogen and oxygen atoms in total. The summed E-state index contributed by atoms with van der Waals surface area (Å²) in [6.07, 6.45) is 5.13. The number of fused-ring (bicyclic) bond motifs is 1. The highest BCUT2D eigenvalue weighted by Crippen LogP contribution is 2.28. The number of aliphatic carboxylic acids is 3. The van der Waals surface area contributed by atoms with Gasteiger partial charge in [-0.05, 0) is 88.0 Å². The van der Waals surface area contributed by atoms with Crippen LogP contribution < -0.4 is 41.4 Å². The monoisotopic (exact) mass is 969 g/mol. The van der Waals surface area contributed by atoms with E-state index >= 15 is 0 Å². The topological polar surface area (TPSA) is 354 Å². The largest absolute Gasteiger partial charge is 0.494 e. The number of sulfonamides is 1. The Morgan fingerprint density at radius 1 is 0.838 bits per heavy atom. The van der Waals surface area contributed by atoms with Crippen LogP contribution in [0.2, 0.25) is 0 Å². The molecular weight excluding hydrogens is 911 g/mol. The first-order chi connectivity index (χ1) is 32.4. The molecule has 3 atom stereocenters. The van der Waals surface area contributed by atoms with Gasteiger partial charge in [-0.15, -0.1) is 0 Å². The number of aromatic amines is 1. The van der Waals surface area contributed by atoms with Gasteiger partial charge >= 0.3 is 17.9 Å². The standard InChI is InChI=1S/C43H59N11O13S/c1-26-20-31(67-19-4-6-35(55)45-14-15-46-41(62)32(9-12-37(58)59)52-40(61)29(23-44-3)8-11-36(56)57)21-27(2)38(26)53-68(65,66)34(42(63)64)25-50-39(60)28-7-10-33-30(22-28)24-51-54(33)18-5-13-47-43-48-16-17-49-43/h7,10,16-17,20-22,24,29,32,34,44,53H,4-6,8-9,11-15,18-19,23,25H2,1-3H3,(H,45,55)(H,46,62)(H,50,60)(H,52,61)(H,56,57)(H,58,59)(H,63,64)(H2,47,48,49)/t29-,32?,34?/m1/s1. The van der Waals surface area contributed by atoms with Crippen LogP contribution in [-0.2, 0) is 45.3 Å². The van der Waals surface area contributed by atoms with Crippen molar-refractivity contribution in [3.8, 4) is 5.75 Å². The van der Waals surface area contributed by atoms with Crippen LogP contribution in [-0.4, -0.2) is 143 Å². The number of carboxylic acids is 3. The van der Waals surface area contributed by atoms with E-state index < -0.39 is 75.8 Å². The van der Waals surface area contributed by atoms with E-state index in [-0.39, 0.29) is 75.5 Å². The number of amides is 4. The SMILES string of the molecule is CNC[C@@H](CCC(=O)O)C(=O)NC(CCC(=O)O)C(=O)NCCNC(=O)CCCOc1cc(C)c(NS(=O)(=O)C(CNC(=O)c2ccc3c(cnn3CCCNc3ncc[nH]3)c2)C(=O)O)c(C)c1. The quantitative estimate of drug-likeness (QED) is 0.0313.